The summed E-state index contributed by atoms with van der Waals surface area (Å²) in [6.07, 6.45) is 0.594. The first kappa shape index (κ1) is 13.3. The predicted molar refractivity (Wildman–Crippen MR) is 39.7 cm³/mol. The molecule has 0 rings (SSSR count). The third-order valence-corrected chi connectivity index (χ3v) is 1.76. The van der Waals surface area contributed by atoms with Crippen LogP contribution in [0.4, 0.5) is 0 Å². The Labute approximate surface area is 78.0 Å². The second-order valence-electron chi connectivity index (χ2n) is 2.33. The van der Waals surface area contributed by atoms with Crippen molar-refractivity contribution < 1.29 is 15.3 Å². The Bertz CT molecular complexity index is 55.9. The summed E-state index contributed by atoms with van der Waals surface area (Å²) in [6, 6.07) is 0. The molecular weight excluding hydrogens is 239 g/mol. The van der Waals surface area contributed by atoms with Gasteiger partial charge in [0.2, 0.25) is 0 Å². The fraction of sp³-hybridized carbons (Fsp3) is 1.00. The molecule has 0 spiro atoms. The maximum atomic E-state index is 8.66. The van der Waals surface area contributed by atoms with Crippen LogP contribution < -0.4 is 0 Å². The van der Waals surface area contributed by atoms with Gasteiger partial charge in [-0.1, -0.05) is 6.92 Å². The Balaban J connectivity index is 0. The van der Waals surface area contributed by atoms with E-state index >= 15 is 0 Å². The molecule has 0 amide bonds. The van der Waals surface area contributed by atoms with Crippen LogP contribution in [0.5, 0.6) is 0 Å². The molecule has 60 valence electrons. The van der Waals surface area contributed by atoms with Crippen molar-refractivity contribution in [1.82, 2.24) is 0 Å². The van der Waals surface area contributed by atoms with Crippen molar-refractivity contribution in [1.29, 1.82) is 0 Å². The molecule has 0 bridgehead atoms. The second-order valence-corrected chi connectivity index (χ2v) is 2.33. The average Bonchev–Trinajstić information content (AvgIpc) is 1.95. The molecule has 3 N–H and O–H groups in total. The molecule has 0 aliphatic heterocycles. The number of aliphatic hydroxyl groups excluding tert-OH is 3. The van der Waals surface area contributed by atoms with E-state index in [0.29, 0.717) is 6.42 Å². The molecule has 0 aliphatic rings. The Morgan fingerprint density at radius 1 is 1.00 bits per heavy atom. The van der Waals surface area contributed by atoms with Gasteiger partial charge in [0.1, 0.15) is 0 Å². The maximum Gasteiger partial charge on any atom is 0.0531 e. The fourth-order valence-corrected chi connectivity index (χ4v) is 0.485. The van der Waals surface area contributed by atoms with Gasteiger partial charge in [-0.3, -0.25) is 0 Å². The molecule has 0 aromatic heterocycles. The molecule has 10 heavy (non-hydrogen) atoms. The van der Waals surface area contributed by atoms with Gasteiger partial charge in [-0.2, -0.15) is 0 Å². The molecule has 0 aromatic rings. The first-order chi connectivity index (χ1) is 4.24. The Hall–Kier alpha value is 0.679. The summed E-state index contributed by atoms with van der Waals surface area (Å²) in [5.74, 6) is 0. The van der Waals surface area contributed by atoms with Gasteiger partial charge >= 0.3 is 0 Å². The van der Waals surface area contributed by atoms with Gasteiger partial charge in [0.05, 0.1) is 19.8 Å². The van der Waals surface area contributed by atoms with Crippen molar-refractivity contribution in [2.45, 2.75) is 13.3 Å². The first-order valence-electron chi connectivity index (χ1n) is 3.07. The van der Waals surface area contributed by atoms with Crippen LogP contribution in [0.3, 0.4) is 0 Å². The van der Waals surface area contributed by atoms with E-state index in [2.05, 4.69) is 0 Å². The fourth-order valence-electron chi connectivity index (χ4n) is 0.485. The van der Waals surface area contributed by atoms with Crippen LogP contribution in [0.15, 0.2) is 0 Å². The summed E-state index contributed by atoms with van der Waals surface area (Å²) < 4.78 is 0. The summed E-state index contributed by atoms with van der Waals surface area (Å²) in [7, 11) is 0. The molecule has 0 heterocycles. The summed E-state index contributed by atoms with van der Waals surface area (Å²) in [4.78, 5) is 0. The molecule has 0 fully saturated rings. The van der Waals surface area contributed by atoms with Crippen LogP contribution >= 0.6 is 0 Å². The molecule has 3 nitrogen and oxygen atoms in total. The first-order valence-corrected chi connectivity index (χ1v) is 3.07. The molecule has 4 radical (unpaired) electrons. The van der Waals surface area contributed by atoms with Crippen LogP contribution in [-0.4, -0.2) is 59.0 Å². The van der Waals surface area contributed by atoms with Crippen molar-refractivity contribution in [3.05, 3.63) is 0 Å². The number of hydrogen-bond acceptors (Lipinski definition) is 3. The van der Waals surface area contributed by atoms with E-state index in [4.69, 9.17) is 15.3 Å². The van der Waals surface area contributed by atoms with Gasteiger partial charge in [-0.15, -0.1) is 0 Å². The minimum atomic E-state index is -0.667. The molecule has 0 atom stereocenters. The van der Waals surface area contributed by atoms with E-state index in [0.717, 1.165) is 0 Å². The normalized spacial score (nSPS) is 10.8. The van der Waals surface area contributed by atoms with E-state index in [1.807, 2.05) is 6.92 Å². The zero-order valence-corrected chi connectivity index (χ0v) is 9.02. The quantitative estimate of drug-likeness (QED) is 0.562. The Morgan fingerprint density at radius 2 is 1.30 bits per heavy atom. The van der Waals surface area contributed by atoms with E-state index in [9.17, 15) is 0 Å². The smallest absolute Gasteiger partial charge is 0.0531 e. The van der Waals surface area contributed by atoms with Gasteiger partial charge in [0.15, 0.2) is 0 Å². The van der Waals surface area contributed by atoms with Crippen LogP contribution in [0.2, 0.25) is 0 Å². The average molecular weight is 253 g/mol. The van der Waals surface area contributed by atoms with Crippen molar-refractivity contribution >= 4 is 23.9 Å². The zero-order chi connectivity index (χ0) is 7.33. The zero-order valence-electron chi connectivity index (χ0n) is 6.17. The van der Waals surface area contributed by atoms with Gasteiger partial charge in [-0.25, -0.2) is 0 Å². The Morgan fingerprint density at radius 3 is 1.30 bits per heavy atom. The van der Waals surface area contributed by atoms with Crippen LogP contribution in [-0.2, 0) is 0 Å². The SMILES string of the molecule is CCC(CO)(CO)CO.[Sn]. The molecule has 0 saturated heterocycles. The topological polar surface area (TPSA) is 60.7 Å². The molecule has 0 aromatic carbocycles. The van der Waals surface area contributed by atoms with E-state index < -0.39 is 5.41 Å². The molecule has 0 aliphatic carbocycles. The van der Waals surface area contributed by atoms with E-state index in [1.165, 1.54) is 0 Å². The third kappa shape index (κ3) is 3.18. The number of hydrogen-bond donors (Lipinski definition) is 3. The minimum Gasteiger partial charge on any atom is -0.396 e. The monoisotopic (exact) mass is 254 g/mol. The van der Waals surface area contributed by atoms with Crippen molar-refractivity contribution in [3.63, 3.8) is 0 Å². The van der Waals surface area contributed by atoms with Gasteiger partial charge in [-0.05, 0) is 6.42 Å². The minimum absolute atomic E-state index is 0. The number of rotatable bonds is 4. The van der Waals surface area contributed by atoms with Crippen molar-refractivity contribution in [3.8, 4) is 0 Å². The Kier molecular flexibility index (Phi) is 8.49. The second kappa shape index (κ2) is 6.39. The largest absolute Gasteiger partial charge is 0.396 e. The van der Waals surface area contributed by atoms with Crippen LogP contribution in [0, 0.1) is 5.41 Å². The maximum absolute atomic E-state index is 8.66. The summed E-state index contributed by atoms with van der Waals surface area (Å²) >= 11 is 0. The van der Waals surface area contributed by atoms with Crippen LogP contribution in [0.1, 0.15) is 13.3 Å². The molecular formula is C6H14O3Sn. The molecule has 4 heteroatoms. The molecule has 0 unspecified atom stereocenters. The van der Waals surface area contributed by atoms with Crippen molar-refractivity contribution in [2.24, 2.45) is 5.41 Å². The van der Waals surface area contributed by atoms with E-state index in [1.54, 1.807) is 0 Å². The van der Waals surface area contributed by atoms with Crippen molar-refractivity contribution in [2.75, 3.05) is 19.8 Å². The predicted octanol–water partition coefficient (Wildman–Crippen LogP) is -1.02. The summed E-state index contributed by atoms with van der Waals surface area (Å²) in [5, 5.41) is 26.0. The number of aliphatic hydroxyl groups is 3. The third-order valence-electron chi connectivity index (χ3n) is 1.76. The van der Waals surface area contributed by atoms with Gasteiger partial charge < -0.3 is 15.3 Å². The standard InChI is InChI=1S/C6H14O3.Sn/c1-2-6(3-7,4-8)5-9;/h7-9H,2-5H2,1H3;. The summed E-state index contributed by atoms with van der Waals surface area (Å²) in [6.45, 7) is 1.35. The van der Waals surface area contributed by atoms with Gasteiger partial charge in [0, 0.05) is 29.3 Å². The van der Waals surface area contributed by atoms with E-state index in [-0.39, 0.29) is 43.7 Å². The molecule has 0 saturated carbocycles. The van der Waals surface area contributed by atoms with Gasteiger partial charge in [0.25, 0.3) is 0 Å². The summed E-state index contributed by atoms with van der Waals surface area (Å²) in [5.41, 5.74) is -0.667. The van der Waals surface area contributed by atoms with Crippen LogP contribution in [0.25, 0.3) is 0 Å².